The molecule has 0 spiro atoms. The van der Waals surface area contributed by atoms with Gasteiger partial charge in [-0.2, -0.15) is 0 Å². The van der Waals surface area contributed by atoms with Crippen molar-refractivity contribution in [3.8, 4) is 11.5 Å². The van der Waals surface area contributed by atoms with E-state index in [1.807, 2.05) is 12.1 Å². The van der Waals surface area contributed by atoms with Crippen LogP contribution in [0.2, 0.25) is 0 Å². The van der Waals surface area contributed by atoms with Crippen LogP contribution in [0, 0.1) is 17.0 Å². The van der Waals surface area contributed by atoms with Crippen LogP contribution in [0.3, 0.4) is 0 Å². The lowest BCUT2D eigenvalue weighted by Gasteiger charge is -2.10. The molecule has 0 atom stereocenters. The zero-order valence-corrected chi connectivity index (χ0v) is 14.4. The average Bonchev–Trinajstić information content (AvgIpc) is 2.61. The van der Waals surface area contributed by atoms with Crippen LogP contribution in [0.5, 0.6) is 11.5 Å². The highest BCUT2D eigenvalue weighted by molar-refractivity contribution is 5.92. The zero-order valence-electron chi connectivity index (χ0n) is 14.4. The Morgan fingerprint density at radius 1 is 1.16 bits per heavy atom. The molecule has 2 aromatic carbocycles. The van der Waals surface area contributed by atoms with Crippen LogP contribution < -0.4 is 14.8 Å². The van der Waals surface area contributed by atoms with E-state index in [0.29, 0.717) is 29.2 Å². The number of benzene rings is 2. The number of nitro benzene ring substituents is 1. The zero-order chi connectivity index (χ0) is 18.4. The summed E-state index contributed by atoms with van der Waals surface area (Å²) < 4.78 is 10.4. The number of rotatable bonds is 7. The molecule has 1 amide bonds. The van der Waals surface area contributed by atoms with E-state index >= 15 is 0 Å². The van der Waals surface area contributed by atoms with E-state index in [4.69, 9.17) is 9.47 Å². The van der Waals surface area contributed by atoms with Crippen molar-refractivity contribution in [3.05, 3.63) is 57.6 Å². The smallest absolute Gasteiger partial charge is 0.274 e. The molecule has 132 valence electrons. The van der Waals surface area contributed by atoms with Gasteiger partial charge in [0.25, 0.3) is 5.69 Å². The lowest BCUT2D eigenvalue weighted by Crippen LogP contribution is -2.13. The lowest BCUT2D eigenvalue weighted by atomic mass is 10.1. The second-order valence-corrected chi connectivity index (χ2v) is 5.44. The molecule has 0 aromatic heterocycles. The van der Waals surface area contributed by atoms with E-state index in [0.717, 1.165) is 5.56 Å². The fourth-order valence-corrected chi connectivity index (χ4v) is 2.46. The Bertz CT molecular complexity index is 789. The number of amides is 1. The van der Waals surface area contributed by atoms with Crippen molar-refractivity contribution in [1.29, 1.82) is 0 Å². The number of ether oxygens (including phenoxy) is 2. The van der Waals surface area contributed by atoms with Gasteiger partial charge in [0.2, 0.25) is 5.91 Å². The number of aryl methyl sites for hydroxylation is 1. The number of methoxy groups -OCH3 is 2. The lowest BCUT2D eigenvalue weighted by molar-refractivity contribution is -0.385. The van der Waals surface area contributed by atoms with E-state index in [9.17, 15) is 14.9 Å². The fraction of sp³-hybridized carbons (Fsp3) is 0.278. The summed E-state index contributed by atoms with van der Waals surface area (Å²) in [5.41, 5.74) is 1.81. The Morgan fingerprint density at radius 3 is 2.52 bits per heavy atom. The molecule has 7 nitrogen and oxygen atoms in total. The quantitative estimate of drug-likeness (QED) is 0.613. The maximum absolute atomic E-state index is 12.2. The van der Waals surface area contributed by atoms with Crippen LogP contribution >= 0.6 is 0 Å². The first-order valence-corrected chi connectivity index (χ1v) is 7.71. The second-order valence-electron chi connectivity index (χ2n) is 5.44. The van der Waals surface area contributed by atoms with Crippen molar-refractivity contribution in [2.75, 3.05) is 19.5 Å². The molecule has 25 heavy (non-hydrogen) atoms. The highest BCUT2D eigenvalue weighted by Gasteiger charge is 2.15. The number of nitrogens with zero attached hydrogens (tertiary/aromatic N) is 1. The molecule has 0 aliphatic rings. The van der Waals surface area contributed by atoms with Gasteiger partial charge in [-0.3, -0.25) is 14.9 Å². The van der Waals surface area contributed by atoms with Crippen molar-refractivity contribution in [1.82, 2.24) is 0 Å². The van der Waals surface area contributed by atoms with Gasteiger partial charge in [0, 0.05) is 12.5 Å². The number of nitrogens with one attached hydrogen (secondary N) is 1. The van der Waals surface area contributed by atoms with Gasteiger partial charge in [0.05, 0.1) is 30.4 Å². The first kappa shape index (κ1) is 18.3. The predicted octanol–water partition coefficient (Wildman–Crippen LogP) is 3.49. The topological polar surface area (TPSA) is 90.7 Å². The number of nitro groups is 1. The monoisotopic (exact) mass is 344 g/mol. The highest BCUT2D eigenvalue weighted by atomic mass is 16.6. The predicted molar refractivity (Wildman–Crippen MR) is 94.3 cm³/mol. The molecule has 1 N–H and O–H groups in total. The van der Waals surface area contributed by atoms with E-state index < -0.39 is 4.92 Å². The average molecular weight is 344 g/mol. The molecule has 0 fully saturated rings. The van der Waals surface area contributed by atoms with Crippen molar-refractivity contribution in [3.63, 3.8) is 0 Å². The Labute approximate surface area is 145 Å². The van der Waals surface area contributed by atoms with Crippen LogP contribution in [0.25, 0.3) is 0 Å². The minimum atomic E-state index is -0.464. The minimum absolute atomic E-state index is 0.0160. The molecule has 2 aromatic rings. The molecular formula is C18H20N2O5. The summed E-state index contributed by atoms with van der Waals surface area (Å²) in [6.45, 7) is 1.61. The molecule has 2 rings (SSSR count). The van der Waals surface area contributed by atoms with Crippen molar-refractivity contribution < 1.29 is 19.2 Å². The third-order valence-electron chi connectivity index (χ3n) is 3.86. The van der Waals surface area contributed by atoms with Gasteiger partial charge in [-0.1, -0.05) is 12.1 Å². The summed E-state index contributed by atoms with van der Waals surface area (Å²) in [5, 5.41) is 13.7. The molecule has 0 saturated heterocycles. The Balaban J connectivity index is 2.02. The van der Waals surface area contributed by atoms with Gasteiger partial charge >= 0.3 is 0 Å². The minimum Gasteiger partial charge on any atom is -0.493 e. The number of hydrogen-bond acceptors (Lipinski definition) is 5. The summed E-state index contributed by atoms with van der Waals surface area (Å²) in [6.07, 6.45) is 0.762. The highest BCUT2D eigenvalue weighted by Crippen LogP contribution is 2.28. The molecule has 0 bridgehead atoms. The fourth-order valence-electron chi connectivity index (χ4n) is 2.46. The molecule has 7 heteroatoms. The molecule has 0 aliphatic carbocycles. The van der Waals surface area contributed by atoms with Crippen LogP contribution in [0.15, 0.2) is 36.4 Å². The number of carbonyl (C=O) groups excluding carboxylic acids is 1. The van der Waals surface area contributed by atoms with E-state index in [1.165, 1.54) is 6.07 Å². The summed E-state index contributed by atoms with van der Waals surface area (Å²) in [6, 6.07) is 10.1. The maximum atomic E-state index is 12.2. The van der Waals surface area contributed by atoms with Crippen molar-refractivity contribution >= 4 is 17.3 Å². The Morgan fingerprint density at radius 2 is 1.88 bits per heavy atom. The number of hydrogen-bond donors (Lipinski definition) is 1. The van der Waals surface area contributed by atoms with Crippen LogP contribution in [0.1, 0.15) is 17.5 Å². The third kappa shape index (κ3) is 4.47. The Kier molecular flexibility index (Phi) is 5.94. The largest absolute Gasteiger partial charge is 0.493 e. The normalized spacial score (nSPS) is 10.2. The number of carbonyl (C=O) groups is 1. The maximum Gasteiger partial charge on any atom is 0.274 e. The molecular weight excluding hydrogens is 324 g/mol. The summed E-state index contributed by atoms with van der Waals surface area (Å²) in [5.74, 6) is 1.02. The van der Waals surface area contributed by atoms with E-state index in [2.05, 4.69) is 5.32 Å². The van der Waals surface area contributed by atoms with Crippen molar-refractivity contribution in [2.45, 2.75) is 19.8 Å². The van der Waals surface area contributed by atoms with Crippen molar-refractivity contribution in [2.24, 2.45) is 0 Å². The molecule has 0 unspecified atom stereocenters. The first-order valence-electron chi connectivity index (χ1n) is 7.71. The molecule has 0 aliphatic heterocycles. The number of anilines is 1. The SMILES string of the molecule is COc1ccc(CCC(=O)Nc2cccc([N+](=O)[O-])c2C)cc1OC. The Hall–Kier alpha value is -3.09. The van der Waals surface area contributed by atoms with E-state index in [1.54, 1.807) is 39.3 Å². The second kappa shape index (κ2) is 8.14. The van der Waals surface area contributed by atoms with Gasteiger partial charge in [-0.05, 0) is 37.1 Å². The van der Waals surface area contributed by atoms with E-state index in [-0.39, 0.29) is 18.0 Å². The molecule has 0 saturated carbocycles. The van der Waals surface area contributed by atoms with Gasteiger partial charge < -0.3 is 14.8 Å². The molecule has 0 heterocycles. The van der Waals surface area contributed by atoms with Crippen LogP contribution in [0.4, 0.5) is 11.4 Å². The summed E-state index contributed by atoms with van der Waals surface area (Å²) in [4.78, 5) is 22.7. The molecule has 0 radical (unpaired) electrons. The van der Waals surface area contributed by atoms with Crippen LogP contribution in [-0.4, -0.2) is 25.1 Å². The first-order chi connectivity index (χ1) is 12.0. The van der Waals surface area contributed by atoms with Crippen LogP contribution in [-0.2, 0) is 11.2 Å². The summed E-state index contributed by atoms with van der Waals surface area (Å²) >= 11 is 0. The van der Waals surface area contributed by atoms with Gasteiger partial charge in [0.15, 0.2) is 11.5 Å². The third-order valence-corrected chi connectivity index (χ3v) is 3.86. The summed E-state index contributed by atoms with van der Waals surface area (Å²) in [7, 11) is 3.12. The standard InChI is InChI=1S/C18H20N2O5/c1-12-14(5-4-6-15(12)20(22)23)19-18(21)10-8-13-7-9-16(24-2)17(11-13)25-3/h4-7,9,11H,8,10H2,1-3H3,(H,19,21). The van der Waals surface area contributed by atoms with Gasteiger partial charge in [-0.15, -0.1) is 0 Å². The van der Waals surface area contributed by atoms with Gasteiger partial charge in [0.1, 0.15) is 0 Å². The van der Waals surface area contributed by atoms with Gasteiger partial charge in [-0.25, -0.2) is 0 Å².